The molecule has 0 fully saturated rings. The Morgan fingerprint density at radius 2 is 2.00 bits per heavy atom. The third kappa shape index (κ3) is 2.20. The van der Waals surface area contributed by atoms with Crippen LogP contribution in [0.25, 0.3) is 5.65 Å². The fraction of sp³-hybridized carbons (Fsp3) is 0.417. The summed E-state index contributed by atoms with van der Waals surface area (Å²) < 4.78 is 39.4. The number of nitrogens with zero attached hydrogens (tertiary/aromatic N) is 2. The van der Waals surface area contributed by atoms with Crippen molar-refractivity contribution < 1.29 is 18.3 Å². The van der Waals surface area contributed by atoms with Gasteiger partial charge >= 0.3 is 6.18 Å². The molecule has 98 valence electrons. The van der Waals surface area contributed by atoms with E-state index in [-0.39, 0.29) is 11.5 Å². The summed E-state index contributed by atoms with van der Waals surface area (Å²) in [5, 5.41) is 9.15. The Hall–Kier alpha value is -1.56. The molecule has 0 aromatic carbocycles. The van der Waals surface area contributed by atoms with Crippen LogP contribution in [0.4, 0.5) is 13.2 Å². The molecule has 1 N–H and O–H groups in total. The number of fused-ring (bicyclic) bond motifs is 1. The minimum absolute atomic E-state index is 0.116. The van der Waals surface area contributed by atoms with Crippen LogP contribution in [0.2, 0.25) is 0 Å². The van der Waals surface area contributed by atoms with Gasteiger partial charge in [-0.3, -0.25) is 0 Å². The van der Waals surface area contributed by atoms with Crippen molar-refractivity contribution in [3.8, 4) is 0 Å². The molecule has 0 spiro atoms. The quantitative estimate of drug-likeness (QED) is 0.899. The monoisotopic (exact) mass is 258 g/mol. The number of rotatable bonds is 2. The molecule has 2 aromatic heterocycles. The summed E-state index contributed by atoms with van der Waals surface area (Å²) in [7, 11) is 0. The second-order valence-corrected chi connectivity index (χ2v) is 4.46. The normalized spacial score (nSPS) is 12.6. The van der Waals surface area contributed by atoms with Gasteiger partial charge in [-0.15, -0.1) is 0 Å². The van der Waals surface area contributed by atoms with Crippen LogP contribution in [0.3, 0.4) is 0 Å². The Balaban J connectivity index is 2.68. The number of hydrogen-bond acceptors (Lipinski definition) is 2. The van der Waals surface area contributed by atoms with Gasteiger partial charge in [0.1, 0.15) is 5.65 Å². The first kappa shape index (κ1) is 12.9. The molecule has 2 heterocycles. The maximum absolute atomic E-state index is 12.7. The number of pyridine rings is 1. The average molecular weight is 258 g/mol. The lowest BCUT2D eigenvalue weighted by Crippen LogP contribution is -2.08. The van der Waals surface area contributed by atoms with Crippen molar-refractivity contribution in [1.29, 1.82) is 0 Å². The van der Waals surface area contributed by atoms with Crippen molar-refractivity contribution >= 4 is 5.65 Å². The third-order valence-corrected chi connectivity index (χ3v) is 2.74. The SMILES string of the molecule is CC(C)c1cn2cc(C(F)(F)F)cc(CO)c2n1. The highest BCUT2D eigenvalue weighted by Crippen LogP contribution is 2.31. The first-order chi connectivity index (χ1) is 8.32. The minimum Gasteiger partial charge on any atom is -0.392 e. The predicted octanol–water partition coefficient (Wildman–Crippen LogP) is 2.97. The van der Waals surface area contributed by atoms with Gasteiger partial charge in [-0.2, -0.15) is 13.2 Å². The zero-order chi connectivity index (χ0) is 13.5. The van der Waals surface area contributed by atoms with Gasteiger partial charge in [-0.1, -0.05) is 13.8 Å². The molecule has 0 amide bonds. The fourth-order valence-electron chi connectivity index (χ4n) is 1.74. The van der Waals surface area contributed by atoms with Gasteiger partial charge in [-0.05, 0) is 12.0 Å². The Morgan fingerprint density at radius 1 is 1.33 bits per heavy atom. The Labute approximate surface area is 102 Å². The zero-order valence-electron chi connectivity index (χ0n) is 9.99. The predicted molar refractivity (Wildman–Crippen MR) is 60.2 cm³/mol. The number of aliphatic hydroxyl groups excluding tert-OH is 1. The van der Waals surface area contributed by atoms with Crippen LogP contribution in [0.15, 0.2) is 18.5 Å². The molecule has 2 aromatic rings. The van der Waals surface area contributed by atoms with E-state index in [1.54, 1.807) is 6.20 Å². The van der Waals surface area contributed by atoms with Crippen molar-refractivity contribution in [3.05, 3.63) is 35.3 Å². The second kappa shape index (κ2) is 4.28. The van der Waals surface area contributed by atoms with Gasteiger partial charge in [0, 0.05) is 18.0 Å². The highest BCUT2D eigenvalue weighted by atomic mass is 19.4. The molecule has 0 aliphatic heterocycles. The Kier molecular flexibility index (Phi) is 3.06. The van der Waals surface area contributed by atoms with Crippen molar-refractivity contribution in [2.75, 3.05) is 0 Å². The summed E-state index contributed by atoms with van der Waals surface area (Å²) in [6.45, 7) is 3.35. The van der Waals surface area contributed by atoms with Crippen molar-refractivity contribution in [3.63, 3.8) is 0 Å². The fourth-order valence-corrected chi connectivity index (χ4v) is 1.74. The summed E-state index contributed by atoms with van der Waals surface area (Å²) >= 11 is 0. The van der Waals surface area contributed by atoms with Gasteiger partial charge < -0.3 is 9.51 Å². The van der Waals surface area contributed by atoms with Gasteiger partial charge in [-0.25, -0.2) is 4.98 Å². The number of aliphatic hydroxyl groups is 1. The van der Waals surface area contributed by atoms with E-state index in [0.29, 0.717) is 11.3 Å². The maximum atomic E-state index is 12.7. The van der Waals surface area contributed by atoms with Crippen molar-refractivity contribution in [1.82, 2.24) is 9.38 Å². The van der Waals surface area contributed by atoms with E-state index in [1.165, 1.54) is 4.40 Å². The molecule has 3 nitrogen and oxygen atoms in total. The van der Waals surface area contributed by atoms with Gasteiger partial charge in [0.2, 0.25) is 0 Å². The zero-order valence-corrected chi connectivity index (χ0v) is 9.99. The van der Waals surface area contributed by atoms with Gasteiger partial charge in [0.05, 0.1) is 17.9 Å². The van der Waals surface area contributed by atoms with Gasteiger partial charge in [0.15, 0.2) is 0 Å². The molecule has 6 heteroatoms. The lowest BCUT2D eigenvalue weighted by molar-refractivity contribution is -0.137. The Morgan fingerprint density at radius 3 is 2.50 bits per heavy atom. The highest BCUT2D eigenvalue weighted by Gasteiger charge is 2.32. The van der Waals surface area contributed by atoms with Crippen LogP contribution in [0, 0.1) is 0 Å². The van der Waals surface area contributed by atoms with Crippen molar-refractivity contribution in [2.45, 2.75) is 32.5 Å². The topological polar surface area (TPSA) is 37.5 Å². The summed E-state index contributed by atoms with van der Waals surface area (Å²) in [4.78, 5) is 4.24. The van der Waals surface area contributed by atoms with E-state index in [0.717, 1.165) is 12.3 Å². The third-order valence-electron chi connectivity index (χ3n) is 2.74. The second-order valence-electron chi connectivity index (χ2n) is 4.46. The van der Waals surface area contributed by atoms with E-state index >= 15 is 0 Å². The number of halogens is 3. The number of hydrogen-bond donors (Lipinski definition) is 1. The van der Waals surface area contributed by atoms with E-state index in [9.17, 15) is 13.2 Å². The number of alkyl halides is 3. The van der Waals surface area contributed by atoms with Crippen LogP contribution in [-0.2, 0) is 12.8 Å². The minimum atomic E-state index is -4.43. The summed E-state index contributed by atoms with van der Waals surface area (Å²) in [5.41, 5.74) is 0.460. The molecular formula is C12H13F3N2O. The molecule has 0 unspecified atom stereocenters. The number of imidazole rings is 1. The van der Waals surface area contributed by atoms with Crippen LogP contribution >= 0.6 is 0 Å². The van der Waals surface area contributed by atoms with Gasteiger partial charge in [0.25, 0.3) is 0 Å². The smallest absolute Gasteiger partial charge is 0.392 e. The van der Waals surface area contributed by atoms with Crippen LogP contribution in [-0.4, -0.2) is 14.5 Å². The molecule has 0 bridgehead atoms. The largest absolute Gasteiger partial charge is 0.417 e. The molecule has 2 rings (SSSR count). The molecule has 18 heavy (non-hydrogen) atoms. The first-order valence-electron chi connectivity index (χ1n) is 5.52. The van der Waals surface area contributed by atoms with Crippen LogP contribution < -0.4 is 0 Å². The molecule has 0 radical (unpaired) electrons. The standard InChI is InChI=1S/C12H13F3N2O/c1-7(2)10-5-17-4-9(12(13,14)15)3-8(6-18)11(17)16-10/h3-5,7,18H,6H2,1-2H3. The maximum Gasteiger partial charge on any atom is 0.417 e. The molecular weight excluding hydrogens is 245 g/mol. The summed E-state index contributed by atoms with van der Waals surface area (Å²) in [6, 6.07) is 0.937. The molecule has 0 saturated heterocycles. The molecule has 0 aliphatic carbocycles. The Bertz CT molecular complexity index is 572. The lowest BCUT2D eigenvalue weighted by Gasteiger charge is -2.09. The van der Waals surface area contributed by atoms with E-state index in [4.69, 9.17) is 5.11 Å². The molecule has 0 saturated carbocycles. The lowest BCUT2D eigenvalue weighted by atomic mass is 10.2. The van der Waals surface area contributed by atoms with E-state index in [1.807, 2.05) is 13.8 Å². The molecule has 0 atom stereocenters. The van der Waals surface area contributed by atoms with Crippen LogP contribution in [0.1, 0.15) is 36.6 Å². The highest BCUT2D eigenvalue weighted by molar-refractivity contribution is 5.51. The average Bonchev–Trinajstić information content (AvgIpc) is 2.70. The van der Waals surface area contributed by atoms with Crippen LogP contribution in [0.5, 0.6) is 0 Å². The van der Waals surface area contributed by atoms with E-state index in [2.05, 4.69) is 4.98 Å². The summed E-state index contributed by atoms with van der Waals surface area (Å²) in [5.74, 6) is 0.116. The first-order valence-corrected chi connectivity index (χ1v) is 5.52. The summed E-state index contributed by atoms with van der Waals surface area (Å²) in [6.07, 6.45) is -1.87. The van der Waals surface area contributed by atoms with Crippen molar-refractivity contribution in [2.24, 2.45) is 0 Å². The molecule has 0 aliphatic rings. The van der Waals surface area contributed by atoms with E-state index < -0.39 is 18.3 Å². The number of aromatic nitrogens is 2.